The summed E-state index contributed by atoms with van der Waals surface area (Å²) in [4.78, 5) is -0.205. The highest BCUT2D eigenvalue weighted by atomic mass is 35.7. The molecule has 0 saturated heterocycles. The van der Waals surface area contributed by atoms with Gasteiger partial charge in [-0.1, -0.05) is 11.6 Å². The first kappa shape index (κ1) is 9.64. The van der Waals surface area contributed by atoms with Gasteiger partial charge in [0, 0.05) is 10.7 Å². The number of phenols is 1. The fraction of sp³-hybridized carbons (Fsp3) is 0. The van der Waals surface area contributed by atoms with Crippen LogP contribution >= 0.6 is 22.3 Å². The molecule has 3 nitrogen and oxygen atoms in total. The molecule has 0 amide bonds. The summed E-state index contributed by atoms with van der Waals surface area (Å²) in [6, 6.07) is 3.44. The molecule has 0 aliphatic rings. The SMILES string of the molecule is O=S(=O)(Cl)c1ccc(O)cc1Cl. The van der Waals surface area contributed by atoms with Gasteiger partial charge in [0.25, 0.3) is 9.05 Å². The van der Waals surface area contributed by atoms with Crippen molar-refractivity contribution >= 4 is 31.3 Å². The summed E-state index contributed by atoms with van der Waals surface area (Å²) in [5.74, 6) is -0.107. The van der Waals surface area contributed by atoms with Crippen molar-refractivity contribution in [2.75, 3.05) is 0 Å². The second-order valence-electron chi connectivity index (χ2n) is 2.05. The molecule has 0 aliphatic carbocycles. The maximum Gasteiger partial charge on any atom is 0.262 e. The fourth-order valence-corrected chi connectivity index (χ4v) is 2.21. The number of phenolic OH excluding ortho intramolecular Hbond substituents is 1. The zero-order valence-corrected chi connectivity index (χ0v) is 7.99. The summed E-state index contributed by atoms with van der Waals surface area (Å²) in [5.41, 5.74) is 0. The van der Waals surface area contributed by atoms with Crippen molar-refractivity contribution < 1.29 is 13.5 Å². The molecule has 1 N–H and O–H groups in total. The highest BCUT2D eigenvalue weighted by molar-refractivity contribution is 8.13. The maximum absolute atomic E-state index is 10.8. The van der Waals surface area contributed by atoms with E-state index in [0.717, 1.165) is 12.1 Å². The van der Waals surface area contributed by atoms with Crippen LogP contribution in [-0.4, -0.2) is 13.5 Å². The van der Waals surface area contributed by atoms with Gasteiger partial charge in [-0.25, -0.2) is 8.42 Å². The van der Waals surface area contributed by atoms with Crippen LogP contribution in [0.15, 0.2) is 23.1 Å². The van der Waals surface area contributed by atoms with Gasteiger partial charge in [-0.05, 0) is 18.2 Å². The van der Waals surface area contributed by atoms with Crippen molar-refractivity contribution in [1.29, 1.82) is 0 Å². The van der Waals surface area contributed by atoms with Crippen molar-refractivity contribution in [3.8, 4) is 5.75 Å². The van der Waals surface area contributed by atoms with Gasteiger partial charge >= 0.3 is 0 Å². The third-order valence-corrected chi connectivity index (χ3v) is 2.98. The van der Waals surface area contributed by atoms with Crippen molar-refractivity contribution in [3.05, 3.63) is 23.2 Å². The van der Waals surface area contributed by atoms with Crippen LogP contribution < -0.4 is 0 Å². The Kier molecular flexibility index (Phi) is 2.51. The second kappa shape index (κ2) is 3.12. The molecule has 0 bridgehead atoms. The molecular weight excluding hydrogens is 223 g/mol. The lowest BCUT2D eigenvalue weighted by Gasteiger charge is -1.99. The van der Waals surface area contributed by atoms with Gasteiger partial charge in [0.15, 0.2) is 0 Å². The summed E-state index contributed by atoms with van der Waals surface area (Å²) in [7, 11) is 1.20. The van der Waals surface area contributed by atoms with E-state index < -0.39 is 9.05 Å². The molecule has 0 unspecified atom stereocenters. The van der Waals surface area contributed by atoms with Gasteiger partial charge in [-0.3, -0.25) is 0 Å². The molecular formula is C6H4Cl2O3S. The first-order chi connectivity index (χ1) is 5.41. The number of halogens is 2. The molecule has 0 fully saturated rings. The summed E-state index contributed by atoms with van der Waals surface area (Å²) < 4.78 is 21.5. The fourth-order valence-electron chi connectivity index (χ4n) is 0.687. The molecule has 1 rings (SSSR count). The van der Waals surface area contributed by atoms with Crippen molar-refractivity contribution in [2.24, 2.45) is 0 Å². The highest BCUT2D eigenvalue weighted by Gasteiger charge is 2.14. The second-order valence-corrected chi connectivity index (χ2v) is 4.99. The quantitative estimate of drug-likeness (QED) is 0.746. The summed E-state index contributed by atoms with van der Waals surface area (Å²) in [5, 5.41) is 8.79. The molecule has 1 aromatic rings. The minimum Gasteiger partial charge on any atom is -0.508 e. The maximum atomic E-state index is 10.8. The van der Waals surface area contributed by atoms with E-state index in [4.69, 9.17) is 27.4 Å². The lowest BCUT2D eigenvalue weighted by atomic mass is 10.3. The third kappa shape index (κ3) is 2.03. The molecule has 0 aliphatic heterocycles. The van der Waals surface area contributed by atoms with Gasteiger partial charge in [0.2, 0.25) is 0 Å². The van der Waals surface area contributed by atoms with E-state index in [9.17, 15) is 8.42 Å². The lowest BCUT2D eigenvalue weighted by molar-refractivity contribution is 0.475. The Labute approximate surface area is 79.0 Å². The van der Waals surface area contributed by atoms with E-state index in [0.29, 0.717) is 0 Å². The Hall–Kier alpha value is -0.450. The Morgan fingerprint density at radius 3 is 2.33 bits per heavy atom. The largest absolute Gasteiger partial charge is 0.508 e. The van der Waals surface area contributed by atoms with Crippen LogP contribution in [0.2, 0.25) is 5.02 Å². The molecule has 0 radical (unpaired) electrons. The smallest absolute Gasteiger partial charge is 0.262 e. The molecule has 1 aromatic carbocycles. The Morgan fingerprint density at radius 2 is 1.92 bits per heavy atom. The van der Waals surface area contributed by atoms with E-state index >= 15 is 0 Å². The van der Waals surface area contributed by atoms with Crippen LogP contribution in [0.1, 0.15) is 0 Å². The van der Waals surface area contributed by atoms with E-state index in [2.05, 4.69) is 0 Å². The van der Waals surface area contributed by atoms with Gasteiger partial charge < -0.3 is 5.11 Å². The predicted octanol–water partition coefficient (Wildman–Crippen LogP) is 1.97. The van der Waals surface area contributed by atoms with Crippen LogP contribution in [-0.2, 0) is 9.05 Å². The van der Waals surface area contributed by atoms with E-state index in [-0.39, 0.29) is 15.7 Å². The molecule has 6 heteroatoms. The molecule has 12 heavy (non-hydrogen) atoms. The van der Waals surface area contributed by atoms with E-state index in [1.54, 1.807) is 0 Å². The van der Waals surface area contributed by atoms with Crippen molar-refractivity contribution in [1.82, 2.24) is 0 Å². The molecule has 0 aromatic heterocycles. The summed E-state index contributed by atoms with van der Waals surface area (Å²) in [6.07, 6.45) is 0. The van der Waals surface area contributed by atoms with Gasteiger partial charge in [0.1, 0.15) is 10.6 Å². The van der Waals surface area contributed by atoms with E-state index in [1.165, 1.54) is 6.07 Å². The number of hydrogen-bond acceptors (Lipinski definition) is 3. The average Bonchev–Trinajstić information content (AvgIpc) is 1.83. The number of hydrogen-bond donors (Lipinski definition) is 1. The van der Waals surface area contributed by atoms with Crippen molar-refractivity contribution in [2.45, 2.75) is 4.90 Å². The van der Waals surface area contributed by atoms with Crippen molar-refractivity contribution in [3.63, 3.8) is 0 Å². The first-order valence-corrected chi connectivity index (χ1v) is 5.53. The van der Waals surface area contributed by atoms with E-state index in [1.807, 2.05) is 0 Å². The van der Waals surface area contributed by atoms with Crippen LogP contribution in [0.5, 0.6) is 5.75 Å². The minimum absolute atomic E-state index is 0.0926. The zero-order chi connectivity index (χ0) is 9.35. The Morgan fingerprint density at radius 1 is 1.33 bits per heavy atom. The molecule has 0 heterocycles. The number of aromatic hydroxyl groups is 1. The molecule has 0 saturated carbocycles. The Bertz CT molecular complexity index is 399. The molecule has 0 atom stereocenters. The number of benzene rings is 1. The molecule has 0 spiro atoms. The van der Waals surface area contributed by atoms with Gasteiger partial charge in [-0.15, -0.1) is 0 Å². The zero-order valence-electron chi connectivity index (χ0n) is 5.66. The monoisotopic (exact) mass is 226 g/mol. The van der Waals surface area contributed by atoms with Crippen LogP contribution in [0.25, 0.3) is 0 Å². The lowest BCUT2D eigenvalue weighted by Crippen LogP contribution is -1.90. The summed E-state index contributed by atoms with van der Waals surface area (Å²) in [6.45, 7) is 0. The minimum atomic E-state index is -3.82. The van der Waals surface area contributed by atoms with Gasteiger partial charge in [0.05, 0.1) is 5.02 Å². The first-order valence-electron chi connectivity index (χ1n) is 2.84. The van der Waals surface area contributed by atoms with Crippen LogP contribution in [0.4, 0.5) is 0 Å². The van der Waals surface area contributed by atoms with Gasteiger partial charge in [-0.2, -0.15) is 0 Å². The topological polar surface area (TPSA) is 54.4 Å². The summed E-state index contributed by atoms with van der Waals surface area (Å²) >= 11 is 5.49. The highest BCUT2D eigenvalue weighted by Crippen LogP contribution is 2.27. The number of rotatable bonds is 1. The Balaban J connectivity index is 3.39. The normalized spacial score (nSPS) is 11.5. The standard InChI is InChI=1S/C6H4Cl2O3S/c7-5-3-4(9)1-2-6(5)12(8,10)11/h1-3,9H. The van der Waals surface area contributed by atoms with Crippen LogP contribution in [0, 0.1) is 0 Å². The predicted molar refractivity (Wildman–Crippen MR) is 46.2 cm³/mol. The third-order valence-electron chi connectivity index (χ3n) is 1.18. The average molecular weight is 227 g/mol. The molecule has 66 valence electrons. The van der Waals surface area contributed by atoms with Crippen LogP contribution in [0.3, 0.4) is 0 Å².